The first-order valence-electron chi connectivity index (χ1n) is 4.98. The maximum absolute atomic E-state index is 11.8. The van der Waals surface area contributed by atoms with Crippen LogP contribution < -0.4 is 5.32 Å². The number of sulfonamides is 1. The van der Waals surface area contributed by atoms with E-state index in [4.69, 9.17) is 0 Å². The fourth-order valence-corrected chi connectivity index (χ4v) is 2.52. The summed E-state index contributed by atoms with van der Waals surface area (Å²) in [5.74, 6) is -1.52. The van der Waals surface area contributed by atoms with E-state index >= 15 is 0 Å². The number of alkyl halides is 3. The summed E-state index contributed by atoms with van der Waals surface area (Å²) in [6, 6.07) is 0. The van der Waals surface area contributed by atoms with Gasteiger partial charge in [0.2, 0.25) is 15.9 Å². The van der Waals surface area contributed by atoms with E-state index in [0.717, 1.165) is 4.31 Å². The highest BCUT2D eigenvalue weighted by atomic mass is 32.2. The lowest BCUT2D eigenvalue weighted by atomic mass is 10.0. The lowest BCUT2D eigenvalue weighted by Crippen LogP contribution is -2.56. The molecule has 0 aliphatic carbocycles. The van der Waals surface area contributed by atoms with Crippen molar-refractivity contribution in [3.8, 4) is 0 Å². The van der Waals surface area contributed by atoms with E-state index in [2.05, 4.69) is 0 Å². The maximum Gasteiger partial charge on any atom is 0.405 e. The molecular formula is C8H13F3N2O3S. The minimum absolute atomic E-state index is 0.0418. The number of halogens is 3. The SMILES string of the molecule is CCS(=O)(=O)N1CC(C(=O)NCC(F)(F)F)C1. The van der Waals surface area contributed by atoms with Crippen molar-refractivity contribution in [1.82, 2.24) is 9.62 Å². The smallest absolute Gasteiger partial charge is 0.347 e. The van der Waals surface area contributed by atoms with E-state index < -0.39 is 34.6 Å². The van der Waals surface area contributed by atoms with Crippen molar-refractivity contribution in [3.05, 3.63) is 0 Å². The Morgan fingerprint density at radius 3 is 2.35 bits per heavy atom. The monoisotopic (exact) mass is 274 g/mol. The highest BCUT2D eigenvalue weighted by Crippen LogP contribution is 2.20. The molecule has 1 amide bonds. The fourth-order valence-electron chi connectivity index (χ4n) is 1.35. The van der Waals surface area contributed by atoms with Crippen LogP contribution in [-0.2, 0) is 14.8 Å². The average molecular weight is 274 g/mol. The molecule has 1 heterocycles. The Bertz CT molecular complexity index is 387. The van der Waals surface area contributed by atoms with Crippen LogP contribution in [0.4, 0.5) is 13.2 Å². The molecule has 0 bridgehead atoms. The van der Waals surface area contributed by atoms with Gasteiger partial charge in [0.15, 0.2) is 0 Å². The zero-order chi connectivity index (χ0) is 13.3. The van der Waals surface area contributed by atoms with Crippen LogP contribution in [0.25, 0.3) is 0 Å². The van der Waals surface area contributed by atoms with Gasteiger partial charge in [-0.25, -0.2) is 12.7 Å². The van der Waals surface area contributed by atoms with E-state index in [1.807, 2.05) is 0 Å². The lowest BCUT2D eigenvalue weighted by molar-refractivity contribution is -0.142. The van der Waals surface area contributed by atoms with Crippen LogP contribution in [0.15, 0.2) is 0 Å². The van der Waals surface area contributed by atoms with Crippen LogP contribution in [0.5, 0.6) is 0 Å². The van der Waals surface area contributed by atoms with E-state index in [1.54, 1.807) is 5.32 Å². The third kappa shape index (κ3) is 3.84. The summed E-state index contributed by atoms with van der Waals surface area (Å²) in [4.78, 5) is 11.2. The molecule has 100 valence electrons. The number of nitrogens with zero attached hydrogens (tertiary/aromatic N) is 1. The van der Waals surface area contributed by atoms with Crippen molar-refractivity contribution in [2.45, 2.75) is 13.1 Å². The molecule has 5 nitrogen and oxygen atoms in total. The first-order valence-corrected chi connectivity index (χ1v) is 6.59. The zero-order valence-corrected chi connectivity index (χ0v) is 9.94. The van der Waals surface area contributed by atoms with Crippen molar-refractivity contribution in [2.75, 3.05) is 25.4 Å². The molecule has 9 heteroatoms. The van der Waals surface area contributed by atoms with Gasteiger partial charge in [-0.1, -0.05) is 0 Å². The van der Waals surface area contributed by atoms with Crippen LogP contribution in [0, 0.1) is 5.92 Å². The third-order valence-corrected chi connectivity index (χ3v) is 4.25. The Morgan fingerprint density at radius 2 is 1.94 bits per heavy atom. The number of amides is 1. The molecule has 0 saturated carbocycles. The number of carbonyl (C=O) groups excluding carboxylic acids is 1. The molecule has 0 unspecified atom stereocenters. The average Bonchev–Trinajstić information content (AvgIpc) is 2.11. The third-order valence-electron chi connectivity index (χ3n) is 2.44. The van der Waals surface area contributed by atoms with Crippen LogP contribution in [0.3, 0.4) is 0 Å². The number of hydrogen-bond acceptors (Lipinski definition) is 3. The molecule has 0 atom stereocenters. The number of hydrogen-bond donors (Lipinski definition) is 1. The summed E-state index contributed by atoms with van der Waals surface area (Å²) in [6.07, 6.45) is -4.45. The highest BCUT2D eigenvalue weighted by molar-refractivity contribution is 7.89. The second kappa shape index (κ2) is 4.81. The first-order chi connectivity index (χ1) is 7.65. The molecule has 1 aliphatic heterocycles. The van der Waals surface area contributed by atoms with Gasteiger partial charge in [0.1, 0.15) is 6.54 Å². The zero-order valence-electron chi connectivity index (χ0n) is 9.12. The first kappa shape index (κ1) is 14.2. The minimum atomic E-state index is -4.45. The Balaban J connectivity index is 2.36. The minimum Gasteiger partial charge on any atom is -0.347 e. The number of carbonyl (C=O) groups is 1. The molecular weight excluding hydrogens is 261 g/mol. The van der Waals surface area contributed by atoms with Gasteiger partial charge in [-0.2, -0.15) is 13.2 Å². The molecule has 1 rings (SSSR count). The quantitative estimate of drug-likeness (QED) is 0.781. The van der Waals surface area contributed by atoms with Crippen molar-refractivity contribution in [2.24, 2.45) is 5.92 Å². The lowest BCUT2D eigenvalue weighted by Gasteiger charge is -2.36. The van der Waals surface area contributed by atoms with Gasteiger partial charge < -0.3 is 5.32 Å². The summed E-state index contributed by atoms with van der Waals surface area (Å²) < 4.78 is 59.1. The van der Waals surface area contributed by atoms with Gasteiger partial charge in [-0.3, -0.25) is 4.79 Å². The molecule has 1 N–H and O–H groups in total. The summed E-state index contributed by atoms with van der Waals surface area (Å²) in [5.41, 5.74) is 0. The van der Waals surface area contributed by atoms with Crippen molar-refractivity contribution < 1.29 is 26.4 Å². The van der Waals surface area contributed by atoms with E-state index in [9.17, 15) is 26.4 Å². The Kier molecular flexibility index (Phi) is 4.03. The summed E-state index contributed by atoms with van der Waals surface area (Å²) in [5, 5.41) is 1.73. The molecule has 1 fully saturated rings. The Morgan fingerprint density at radius 1 is 1.41 bits per heavy atom. The predicted molar refractivity (Wildman–Crippen MR) is 53.6 cm³/mol. The van der Waals surface area contributed by atoms with Crippen molar-refractivity contribution in [1.29, 1.82) is 0 Å². The molecule has 0 aromatic rings. The molecule has 1 saturated heterocycles. The Hall–Kier alpha value is -0.830. The van der Waals surface area contributed by atoms with Crippen molar-refractivity contribution in [3.63, 3.8) is 0 Å². The molecule has 0 aromatic heterocycles. The van der Waals surface area contributed by atoms with Gasteiger partial charge in [-0.05, 0) is 6.92 Å². The van der Waals surface area contributed by atoms with E-state index in [1.165, 1.54) is 6.92 Å². The highest BCUT2D eigenvalue weighted by Gasteiger charge is 2.39. The van der Waals surface area contributed by atoms with Crippen LogP contribution >= 0.6 is 0 Å². The van der Waals surface area contributed by atoms with Gasteiger partial charge >= 0.3 is 6.18 Å². The summed E-state index contributed by atoms with van der Waals surface area (Å²) in [6.45, 7) is -0.00499. The fraction of sp³-hybridized carbons (Fsp3) is 0.875. The molecule has 1 aliphatic rings. The second-order valence-corrected chi connectivity index (χ2v) is 6.01. The summed E-state index contributed by atoms with van der Waals surface area (Å²) in [7, 11) is -3.34. The van der Waals surface area contributed by atoms with Gasteiger partial charge in [0.25, 0.3) is 0 Å². The molecule has 0 spiro atoms. The van der Waals surface area contributed by atoms with Crippen LogP contribution in [0.1, 0.15) is 6.92 Å². The van der Waals surface area contributed by atoms with Crippen LogP contribution in [-0.4, -0.2) is 50.2 Å². The van der Waals surface area contributed by atoms with E-state index in [-0.39, 0.29) is 18.8 Å². The number of nitrogens with one attached hydrogen (secondary N) is 1. The molecule has 17 heavy (non-hydrogen) atoms. The van der Waals surface area contributed by atoms with E-state index in [0.29, 0.717) is 0 Å². The normalized spacial score (nSPS) is 18.8. The van der Waals surface area contributed by atoms with Crippen LogP contribution in [0.2, 0.25) is 0 Å². The van der Waals surface area contributed by atoms with Gasteiger partial charge in [0, 0.05) is 13.1 Å². The Labute approximate surface area is 97.0 Å². The number of rotatable bonds is 4. The second-order valence-electron chi connectivity index (χ2n) is 3.75. The standard InChI is InChI=1S/C8H13F3N2O3S/c1-2-17(15,16)13-3-6(4-13)7(14)12-5-8(9,10)11/h6H,2-5H2,1H3,(H,12,14). The maximum atomic E-state index is 11.8. The molecule has 0 aromatic carbocycles. The van der Waals surface area contributed by atoms with Gasteiger partial charge in [0.05, 0.1) is 11.7 Å². The van der Waals surface area contributed by atoms with Crippen molar-refractivity contribution >= 4 is 15.9 Å². The van der Waals surface area contributed by atoms with Gasteiger partial charge in [-0.15, -0.1) is 0 Å². The topological polar surface area (TPSA) is 66.5 Å². The summed E-state index contributed by atoms with van der Waals surface area (Å²) >= 11 is 0. The molecule has 0 radical (unpaired) electrons. The largest absolute Gasteiger partial charge is 0.405 e. The predicted octanol–water partition coefficient (Wildman–Crippen LogP) is -0.0536.